The number of para-hydroxylation sites is 1. The molecular formula is C11H10NO4. The molecule has 1 radical (unpaired) electrons. The average molecular weight is 220 g/mol. The number of hydrogen-bond acceptors (Lipinski definition) is 5. The molecule has 2 aromatic rings. The van der Waals surface area contributed by atoms with Crippen LogP contribution in [0.25, 0.3) is 0 Å². The normalized spacial score (nSPS) is 9.88. The van der Waals surface area contributed by atoms with Crippen molar-refractivity contribution in [2.75, 3.05) is 14.2 Å². The van der Waals surface area contributed by atoms with Crippen LogP contribution in [0.3, 0.4) is 0 Å². The molecule has 1 heterocycles. The minimum Gasteiger partial charge on any atom is -0.493 e. The molecule has 0 N–H and O–H groups in total. The Bertz CT molecular complexity index is 431. The topological polar surface area (TPSA) is 53.7 Å². The Hall–Kier alpha value is -2.17. The minimum atomic E-state index is 0.225. The summed E-state index contributed by atoms with van der Waals surface area (Å²) in [6.45, 7) is 0. The Labute approximate surface area is 92.6 Å². The number of ether oxygens (including phenoxy) is 3. The number of rotatable bonds is 4. The van der Waals surface area contributed by atoms with E-state index in [1.54, 1.807) is 32.4 Å². The van der Waals surface area contributed by atoms with Gasteiger partial charge in [0.2, 0.25) is 5.75 Å². The number of nitrogens with zero attached hydrogens (tertiary/aromatic N) is 1. The Morgan fingerprint density at radius 3 is 2.38 bits per heavy atom. The van der Waals surface area contributed by atoms with Crippen molar-refractivity contribution >= 4 is 0 Å². The van der Waals surface area contributed by atoms with Crippen LogP contribution in [0.2, 0.25) is 0 Å². The zero-order valence-electron chi connectivity index (χ0n) is 8.89. The van der Waals surface area contributed by atoms with Gasteiger partial charge in [-0.1, -0.05) is 6.07 Å². The van der Waals surface area contributed by atoms with Crippen LogP contribution in [-0.2, 0) is 0 Å². The third kappa shape index (κ3) is 1.93. The maximum atomic E-state index is 5.45. The Balaban J connectivity index is 2.37. The minimum absolute atomic E-state index is 0.225. The molecule has 0 saturated heterocycles. The smallest absolute Gasteiger partial charge is 0.311 e. The molecule has 0 atom stereocenters. The largest absolute Gasteiger partial charge is 0.493 e. The van der Waals surface area contributed by atoms with Crippen molar-refractivity contribution in [2.45, 2.75) is 0 Å². The molecule has 83 valence electrons. The quantitative estimate of drug-likeness (QED) is 0.791. The summed E-state index contributed by atoms with van der Waals surface area (Å²) >= 11 is 0. The monoisotopic (exact) mass is 220 g/mol. The highest BCUT2D eigenvalue weighted by atomic mass is 16.6. The first-order valence-electron chi connectivity index (χ1n) is 4.56. The standard InChI is InChI=1S/C11H10NO4/c1-13-8-4-3-5-9(14-2)11(8)16-10-6-12-7-15-10/h3-6H,1-2H3. The summed E-state index contributed by atoms with van der Waals surface area (Å²) in [6.07, 6.45) is 3.70. The van der Waals surface area contributed by atoms with Crippen molar-refractivity contribution in [1.29, 1.82) is 0 Å². The predicted octanol–water partition coefficient (Wildman–Crippen LogP) is 2.28. The van der Waals surface area contributed by atoms with Crippen LogP contribution in [-0.4, -0.2) is 19.2 Å². The molecule has 0 aliphatic carbocycles. The number of benzene rings is 1. The molecule has 16 heavy (non-hydrogen) atoms. The van der Waals surface area contributed by atoms with Crippen LogP contribution in [0.1, 0.15) is 0 Å². The van der Waals surface area contributed by atoms with Crippen LogP contribution < -0.4 is 14.2 Å². The summed E-state index contributed by atoms with van der Waals surface area (Å²) in [7, 11) is 3.10. The van der Waals surface area contributed by atoms with Crippen LogP contribution in [0.4, 0.5) is 0 Å². The van der Waals surface area contributed by atoms with Gasteiger partial charge in [-0.25, -0.2) is 4.98 Å². The van der Waals surface area contributed by atoms with Crippen molar-refractivity contribution in [1.82, 2.24) is 4.98 Å². The van der Waals surface area contributed by atoms with Crippen LogP contribution in [0.15, 0.2) is 28.8 Å². The Morgan fingerprint density at radius 1 is 1.19 bits per heavy atom. The Kier molecular flexibility index (Phi) is 2.95. The lowest BCUT2D eigenvalue weighted by Crippen LogP contribution is -1.93. The number of methoxy groups -OCH3 is 2. The SMILES string of the molecule is COc1cccc(OC)c1Oc1cn[c]o1. The molecule has 0 saturated carbocycles. The van der Waals surface area contributed by atoms with E-state index >= 15 is 0 Å². The van der Waals surface area contributed by atoms with Gasteiger partial charge in [0, 0.05) is 0 Å². The van der Waals surface area contributed by atoms with Gasteiger partial charge in [0.25, 0.3) is 6.39 Å². The zero-order chi connectivity index (χ0) is 11.4. The average Bonchev–Trinajstić information content (AvgIpc) is 2.82. The third-order valence-electron chi connectivity index (χ3n) is 1.95. The summed E-state index contributed by atoms with van der Waals surface area (Å²) in [4.78, 5) is 3.63. The van der Waals surface area contributed by atoms with E-state index in [0.29, 0.717) is 17.2 Å². The zero-order valence-corrected chi connectivity index (χ0v) is 8.89. The van der Waals surface area contributed by atoms with Gasteiger partial charge < -0.3 is 18.6 Å². The molecule has 1 aromatic carbocycles. The molecular weight excluding hydrogens is 210 g/mol. The van der Waals surface area contributed by atoms with E-state index in [0.717, 1.165) is 0 Å². The van der Waals surface area contributed by atoms with E-state index in [9.17, 15) is 0 Å². The fraction of sp³-hybridized carbons (Fsp3) is 0.182. The fourth-order valence-electron chi connectivity index (χ4n) is 1.24. The molecule has 5 nitrogen and oxygen atoms in total. The molecule has 5 heteroatoms. The van der Waals surface area contributed by atoms with Gasteiger partial charge in [0.15, 0.2) is 11.5 Å². The second-order valence-corrected chi connectivity index (χ2v) is 2.86. The van der Waals surface area contributed by atoms with Gasteiger partial charge in [-0.15, -0.1) is 0 Å². The second kappa shape index (κ2) is 4.57. The summed E-state index contributed by atoms with van der Waals surface area (Å²) in [6, 6.07) is 5.33. The summed E-state index contributed by atoms with van der Waals surface area (Å²) < 4.78 is 20.6. The van der Waals surface area contributed by atoms with E-state index in [4.69, 9.17) is 18.6 Å². The number of oxazole rings is 1. The molecule has 0 fully saturated rings. The van der Waals surface area contributed by atoms with Crippen molar-refractivity contribution in [3.05, 3.63) is 30.8 Å². The second-order valence-electron chi connectivity index (χ2n) is 2.86. The van der Waals surface area contributed by atoms with Crippen LogP contribution >= 0.6 is 0 Å². The van der Waals surface area contributed by atoms with Crippen LogP contribution in [0, 0.1) is 6.39 Å². The number of aromatic nitrogens is 1. The van der Waals surface area contributed by atoms with Crippen molar-refractivity contribution in [2.24, 2.45) is 0 Å². The highest BCUT2D eigenvalue weighted by Gasteiger charge is 2.13. The third-order valence-corrected chi connectivity index (χ3v) is 1.95. The van der Waals surface area contributed by atoms with Gasteiger partial charge in [0.1, 0.15) is 6.20 Å². The van der Waals surface area contributed by atoms with Gasteiger partial charge >= 0.3 is 5.95 Å². The van der Waals surface area contributed by atoms with Gasteiger partial charge in [0.05, 0.1) is 14.2 Å². The molecule has 1 aromatic heterocycles. The first-order valence-corrected chi connectivity index (χ1v) is 4.56. The van der Waals surface area contributed by atoms with E-state index in [1.807, 2.05) is 0 Å². The summed E-state index contributed by atoms with van der Waals surface area (Å²) in [5, 5.41) is 0. The van der Waals surface area contributed by atoms with Gasteiger partial charge in [-0.2, -0.15) is 0 Å². The lowest BCUT2D eigenvalue weighted by Gasteiger charge is -2.11. The van der Waals surface area contributed by atoms with Crippen molar-refractivity contribution in [3.8, 4) is 23.2 Å². The van der Waals surface area contributed by atoms with E-state index in [1.165, 1.54) is 6.20 Å². The molecule has 0 spiro atoms. The first kappa shape index (κ1) is 10.4. The first-order chi connectivity index (χ1) is 7.85. The van der Waals surface area contributed by atoms with Crippen LogP contribution in [0.5, 0.6) is 23.2 Å². The summed E-state index contributed by atoms with van der Waals surface area (Å²) in [5.41, 5.74) is 0. The maximum absolute atomic E-state index is 5.45. The summed E-state index contributed by atoms with van der Waals surface area (Å²) in [5.74, 6) is 1.77. The molecule has 0 amide bonds. The highest BCUT2D eigenvalue weighted by molar-refractivity contribution is 5.52. The van der Waals surface area contributed by atoms with Gasteiger partial charge in [-0.05, 0) is 12.1 Å². The van der Waals surface area contributed by atoms with E-state index in [2.05, 4.69) is 11.4 Å². The van der Waals surface area contributed by atoms with Crippen molar-refractivity contribution < 1.29 is 18.6 Å². The Morgan fingerprint density at radius 2 is 1.88 bits per heavy atom. The number of hydrogen-bond donors (Lipinski definition) is 0. The molecule has 0 aliphatic rings. The molecule has 0 unspecified atom stereocenters. The molecule has 2 rings (SSSR count). The van der Waals surface area contributed by atoms with Crippen molar-refractivity contribution in [3.63, 3.8) is 0 Å². The van der Waals surface area contributed by atoms with E-state index in [-0.39, 0.29) is 5.95 Å². The highest BCUT2D eigenvalue weighted by Crippen LogP contribution is 2.39. The lowest BCUT2D eigenvalue weighted by atomic mass is 10.3. The fourth-order valence-corrected chi connectivity index (χ4v) is 1.24. The van der Waals surface area contributed by atoms with E-state index < -0.39 is 0 Å². The lowest BCUT2D eigenvalue weighted by molar-refractivity contribution is 0.300. The predicted molar refractivity (Wildman–Crippen MR) is 55.0 cm³/mol. The van der Waals surface area contributed by atoms with Gasteiger partial charge in [-0.3, -0.25) is 0 Å². The molecule has 0 bridgehead atoms. The maximum Gasteiger partial charge on any atom is 0.311 e. The molecule has 0 aliphatic heterocycles.